The zero-order valence-electron chi connectivity index (χ0n) is 15.2. The summed E-state index contributed by atoms with van der Waals surface area (Å²) in [5.41, 5.74) is 0. The van der Waals surface area contributed by atoms with Crippen LogP contribution in [-0.2, 0) is 53.8 Å². The maximum absolute atomic E-state index is 12.3. The number of ether oxygens (including phenoxy) is 1. The van der Waals surface area contributed by atoms with Crippen molar-refractivity contribution in [2.75, 3.05) is 13.2 Å². The standard InChI is InChI=1S/C16H29NO4SSi.Ag/c1-8-9-20-12(18)10-17-14(19)13(15(17)22)11(2)21-23(6,7)16(3,4)5;/h8,11,13,15,22H,1,9-10H2,2-7H3;/q;+1/p-1/t11-,13+,15-;/m1./s1. The molecule has 1 amide bonds. The van der Waals surface area contributed by atoms with Gasteiger partial charge in [-0.2, -0.15) is 0 Å². The van der Waals surface area contributed by atoms with Crippen molar-refractivity contribution < 1.29 is 41.1 Å². The van der Waals surface area contributed by atoms with Gasteiger partial charge in [-0.25, -0.2) is 0 Å². The summed E-state index contributed by atoms with van der Waals surface area (Å²) in [6, 6.07) is 0. The molecule has 0 aromatic heterocycles. The van der Waals surface area contributed by atoms with Crippen molar-refractivity contribution in [2.45, 2.75) is 57.3 Å². The van der Waals surface area contributed by atoms with E-state index in [1.54, 1.807) is 0 Å². The van der Waals surface area contributed by atoms with Gasteiger partial charge in [0.05, 0.1) is 12.0 Å². The first-order chi connectivity index (χ1) is 10.4. The van der Waals surface area contributed by atoms with Crippen molar-refractivity contribution in [3.63, 3.8) is 0 Å². The molecular weight excluding hydrogens is 438 g/mol. The Hall–Kier alpha value is -0.0529. The van der Waals surface area contributed by atoms with Crippen LogP contribution in [0.15, 0.2) is 12.7 Å². The molecule has 24 heavy (non-hydrogen) atoms. The molecule has 1 aliphatic heterocycles. The van der Waals surface area contributed by atoms with E-state index < -0.39 is 19.7 Å². The van der Waals surface area contributed by atoms with E-state index in [2.05, 4.69) is 40.4 Å². The molecule has 1 fully saturated rings. The van der Waals surface area contributed by atoms with Gasteiger partial charge in [0, 0.05) is 0 Å². The van der Waals surface area contributed by atoms with Crippen LogP contribution in [0.25, 0.3) is 0 Å². The van der Waals surface area contributed by atoms with Gasteiger partial charge in [0.1, 0.15) is 13.2 Å². The van der Waals surface area contributed by atoms with Gasteiger partial charge in [0.15, 0.2) is 8.32 Å². The summed E-state index contributed by atoms with van der Waals surface area (Å²) in [6.07, 6.45) is 1.24. The Bertz CT molecular complexity index is 481. The summed E-state index contributed by atoms with van der Waals surface area (Å²) in [7, 11) is -1.96. The molecular formula is C16H28AgNO4SSi. The van der Waals surface area contributed by atoms with Crippen LogP contribution in [0.4, 0.5) is 0 Å². The maximum atomic E-state index is 12.3. The fourth-order valence-corrected chi connectivity index (χ4v) is 4.15. The second-order valence-electron chi connectivity index (χ2n) is 7.44. The number of carbonyl (C=O) groups excluding carboxylic acids is 2. The van der Waals surface area contributed by atoms with Crippen LogP contribution in [0, 0.1) is 5.92 Å². The Kier molecular flexibility index (Phi) is 9.03. The molecule has 8 heteroatoms. The Morgan fingerprint density at radius 1 is 1.46 bits per heavy atom. The van der Waals surface area contributed by atoms with E-state index in [-0.39, 0.29) is 58.5 Å². The first kappa shape index (κ1) is 23.9. The van der Waals surface area contributed by atoms with Crippen molar-refractivity contribution in [1.29, 1.82) is 0 Å². The SMILES string of the molecule is C=CCOC(=O)CN1C(=O)[C@H]([C@@H](C)O[Si](C)(C)C(C)(C)C)[C@H]1[S-].[Ag+]. The number of carbonyl (C=O) groups is 2. The summed E-state index contributed by atoms with van der Waals surface area (Å²) in [5, 5.41) is -0.363. The fraction of sp³-hybridized carbons (Fsp3) is 0.750. The number of esters is 1. The van der Waals surface area contributed by atoms with Gasteiger partial charge >= 0.3 is 28.3 Å². The molecule has 1 rings (SSSR count). The second-order valence-corrected chi connectivity index (χ2v) is 12.7. The Balaban J connectivity index is 0.00000529. The average molecular weight is 466 g/mol. The van der Waals surface area contributed by atoms with Crippen LogP contribution in [0.5, 0.6) is 0 Å². The first-order valence-electron chi connectivity index (χ1n) is 7.83. The van der Waals surface area contributed by atoms with E-state index in [0.29, 0.717) is 0 Å². The number of likely N-dealkylation sites (tertiary alicyclic amines) is 1. The number of hydrogen-bond acceptors (Lipinski definition) is 5. The first-order valence-corrected chi connectivity index (χ1v) is 11.2. The molecule has 0 aliphatic carbocycles. The van der Waals surface area contributed by atoms with Gasteiger partial charge in [-0.05, 0) is 25.1 Å². The predicted octanol–water partition coefficient (Wildman–Crippen LogP) is 2.45. The molecule has 0 aromatic rings. The van der Waals surface area contributed by atoms with Gasteiger partial charge < -0.3 is 26.7 Å². The van der Waals surface area contributed by atoms with E-state index in [1.165, 1.54) is 11.0 Å². The molecule has 0 aromatic carbocycles. The molecule has 1 saturated heterocycles. The minimum atomic E-state index is -1.96. The molecule has 0 unspecified atom stereocenters. The van der Waals surface area contributed by atoms with Crippen molar-refractivity contribution in [2.24, 2.45) is 5.92 Å². The van der Waals surface area contributed by atoms with E-state index >= 15 is 0 Å². The summed E-state index contributed by atoms with van der Waals surface area (Å²) in [4.78, 5) is 25.3. The number of amides is 1. The Labute approximate surface area is 167 Å². The fourth-order valence-electron chi connectivity index (χ4n) is 2.20. The topological polar surface area (TPSA) is 55.8 Å². The van der Waals surface area contributed by atoms with E-state index in [4.69, 9.17) is 21.8 Å². The van der Waals surface area contributed by atoms with Crippen LogP contribution >= 0.6 is 0 Å². The quantitative estimate of drug-likeness (QED) is 0.190. The largest absolute Gasteiger partial charge is 1.00 e. The van der Waals surface area contributed by atoms with Gasteiger partial charge in [-0.15, -0.1) is 0 Å². The molecule has 0 N–H and O–H groups in total. The van der Waals surface area contributed by atoms with Crippen LogP contribution in [0.2, 0.25) is 18.1 Å². The summed E-state index contributed by atoms with van der Waals surface area (Å²) >= 11 is 5.39. The summed E-state index contributed by atoms with van der Waals surface area (Å²) < 4.78 is 11.2. The number of nitrogens with zero attached hydrogens (tertiary/aromatic N) is 1. The van der Waals surface area contributed by atoms with E-state index in [9.17, 15) is 9.59 Å². The smallest absolute Gasteiger partial charge is 0.767 e. The van der Waals surface area contributed by atoms with Gasteiger partial charge in [0.2, 0.25) is 5.91 Å². The average Bonchev–Trinajstić information content (AvgIpc) is 2.40. The molecule has 142 valence electrons. The van der Waals surface area contributed by atoms with E-state index in [1.807, 2.05) is 6.92 Å². The van der Waals surface area contributed by atoms with Crippen LogP contribution < -0.4 is 0 Å². The van der Waals surface area contributed by atoms with E-state index in [0.717, 1.165) is 0 Å². The summed E-state index contributed by atoms with van der Waals surface area (Å²) in [5.74, 6) is -0.970. The Morgan fingerprint density at radius 2 is 2.00 bits per heavy atom. The second kappa shape index (κ2) is 9.05. The number of rotatable bonds is 7. The minimum absolute atomic E-state index is 0. The monoisotopic (exact) mass is 465 g/mol. The zero-order chi connectivity index (χ0) is 18.0. The Morgan fingerprint density at radius 3 is 2.42 bits per heavy atom. The van der Waals surface area contributed by atoms with Crippen molar-refractivity contribution in [1.82, 2.24) is 4.90 Å². The van der Waals surface area contributed by atoms with Gasteiger partial charge in [-0.3, -0.25) is 9.59 Å². The third-order valence-corrected chi connectivity index (χ3v) is 9.76. The third-order valence-electron chi connectivity index (χ3n) is 4.64. The molecule has 0 spiro atoms. The molecule has 0 radical (unpaired) electrons. The van der Waals surface area contributed by atoms with Gasteiger partial charge in [-0.1, -0.05) is 38.8 Å². The van der Waals surface area contributed by atoms with Crippen LogP contribution in [0.3, 0.4) is 0 Å². The minimum Gasteiger partial charge on any atom is -0.767 e. The molecule has 0 bridgehead atoms. The van der Waals surface area contributed by atoms with Gasteiger partial charge in [0.25, 0.3) is 0 Å². The zero-order valence-corrected chi connectivity index (χ0v) is 18.5. The molecule has 0 saturated carbocycles. The van der Waals surface area contributed by atoms with Crippen molar-refractivity contribution >= 4 is 32.8 Å². The molecule has 1 aliphatic rings. The third kappa shape index (κ3) is 5.47. The molecule has 5 nitrogen and oxygen atoms in total. The number of hydrogen-bond donors (Lipinski definition) is 0. The van der Waals surface area contributed by atoms with Crippen LogP contribution in [0.1, 0.15) is 27.7 Å². The van der Waals surface area contributed by atoms with Crippen molar-refractivity contribution in [3.8, 4) is 0 Å². The molecule has 3 atom stereocenters. The normalized spacial score (nSPS) is 22.3. The predicted molar refractivity (Wildman–Crippen MR) is 95.3 cm³/mol. The molecule has 1 heterocycles. The van der Waals surface area contributed by atoms with Crippen molar-refractivity contribution in [3.05, 3.63) is 12.7 Å². The van der Waals surface area contributed by atoms with Crippen LogP contribution in [-0.4, -0.2) is 49.7 Å². The maximum Gasteiger partial charge on any atom is 1.00 e. The summed E-state index contributed by atoms with van der Waals surface area (Å²) in [6.45, 7) is 16.2. The number of β-lactam (4-membered cyclic amide) rings is 1.